The molecule has 4 rings (SSSR count). The van der Waals surface area contributed by atoms with E-state index in [-0.39, 0.29) is 5.56 Å². The van der Waals surface area contributed by atoms with Crippen LogP contribution in [-0.4, -0.2) is 17.1 Å². The molecule has 2 aromatic carbocycles. The molecule has 0 fully saturated rings. The molecule has 0 atom stereocenters. The van der Waals surface area contributed by atoms with Crippen molar-refractivity contribution < 1.29 is 4.74 Å². The molecule has 0 saturated heterocycles. The van der Waals surface area contributed by atoms with E-state index in [1.807, 2.05) is 24.3 Å². The summed E-state index contributed by atoms with van der Waals surface area (Å²) < 4.78 is 5.69. The van der Waals surface area contributed by atoms with Gasteiger partial charge in [-0.25, -0.2) is 4.98 Å². The van der Waals surface area contributed by atoms with Crippen LogP contribution in [0.5, 0.6) is 0 Å². The van der Waals surface area contributed by atoms with E-state index in [9.17, 15) is 4.79 Å². The van der Waals surface area contributed by atoms with Crippen molar-refractivity contribution in [3.63, 3.8) is 0 Å². The van der Waals surface area contributed by atoms with Crippen molar-refractivity contribution in [3.8, 4) is 21.6 Å². The third-order valence-corrected chi connectivity index (χ3v) is 5.16. The Balaban J connectivity index is 1.72. The Morgan fingerprint density at radius 1 is 1.00 bits per heavy atom. The molecule has 0 aliphatic heterocycles. The molecule has 1 N–H and O–H groups in total. The lowest BCUT2D eigenvalue weighted by Crippen LogP contribution is -2.10. The number of benzene rings is 2. The third kappa shape index (κ3) is 3.12. The molecular formula is C20H16N2O2S. The fourth-order valence-corrected chi connectivity index (χ4v) is 3.79. The molecule has 0 spiro atoms. The average molecular weight is 348 g/mol. The molecule has 0 saturated carbocycles. The lowest BCUT2D eigenvalue weighted by Gasteiger charge is -2.02. The van der Waals surface area contributed by atoms with E-state index < -0.39 is 0 Å². The number of hydrogen-bond acceptors (Lipinski definition) is 4. The maximum atomic E-state index is 12.2. The Morgan fingerprint density at radius 2 is 1.68 bits per heavy atom. The van der Waals surface area contributed by atoms with E-state index in [0.29, 0.717) is 22.6 Å². The summed E-state index contributed by atoms with van der Waals surface area (Å²) in [7, 11) is 1.58. The second-order valence-electron chi connectivity index (χ2n) is 5.71. The predicted molar refractivity (Wildman–Crippen MR) is 102 cm³/mol. The summed E-state index contributed by atoms with van der Waals surface area (Å²) >= 11 is 1.46. The van der Waals surface area contributed by atoms with Crippen molar-refractivity contribution in [3.05, 3.63) is 76.8 Å². The normalized spacial score (nSPS) is 11.1. The van der Waals surface area contributed by atoms with E-state index >= 15 is 0 Å². The number of hydrogen-bond donors (Lipinski definition) is 1. The lowest BCUT2D eigenvalue weighted by molar-refractivity contribution is 0.178. The predicted octanol–water partition coefficient (Wildman–Crippen LogP) is 4.47. The van der Waals surface area contributed by atoms with Crippen LogP contribution in [0.2, 0.25) is 0 Å². The van der Waals surface area contributed by atoms with Gasteiger partial charge in [0, 0.05) is 12.0 Å². The number of thiophene rings is 1. The molecule has 2 aromatic heterocycles. The van der Waals surface area contributed by atoms with Gasteiger partial charge in [-0.1, -0.05) is 54.6 Å². The molecule has 4 nitrogen and oxygen atoms in total. The zero-order chi connectivity index (χ0) is 17.2. The number of aromatic amines is 1. The Kier molecular flexibility index (Phi) is 4.17. The number of rotatable bonds is 4. The van der Waals surface area contributed by atoms with Gasteiger partial charge in [0.2, 0.25) is 0 Å². The maximum absolute atomic E-state index is 12.2. The number of fused-ring (bicyclic) bond motifs is 1. The maximum Gasteiger partial charge on any atom is 0.268 e. The fraction of sp³-hybridized carbons (Fsp3) is 0.100. The Hall–Kier alpha value is -2.76. The average Bonchev–Trinajstić information content (AvgIpc) is 3.08. The highest BCUT2D eigenvalue weighted by Gasteiger charge is 2.10. The Labute approximate surface area is 148 Å². The summed E-state index contributed by atoms with van der Waals surface area (Å²) in [6, 6.07) is 20.6. The van der Waals surface area contributed by atoms with Crippen LogP contribution in [0.4, 0.5) is 0 Å². The van der Waals surface area contributed by atoms with E-state index in [1.165, 1.54) is 22.5 Å². The minimum absolute atomic E-state index is 0.116. The number of H-pyrrole nitrogens is 1. The second-order valence-corrected chi connectivity index (χ2v) is 6.77. The van der Waals surface area contributed by atoms with Gasteiger partial charge in [-0.15, -0.1) is 11.3 Å². The van der Waals surface area contributed by atoms with Gasteiger partial charge in [-0.05, 0) is 22.8 Å². The molecule has 5 heteroatoms. The van der Waals surface area contributed by atoms with Crippen molar-refractivity contribution in [2.75, 3.05) is 7.11 Å². The number of nitrogens with zero attached hydrogens (tertiary/aromatic N) is 1. The standard InChI is InChI=1S/C20H16N2O2S/c1-24-12-18-21-16-11-17(25-19(16)20(23)22-18)15-9-7-14(8-10-15)13-5-3-2-4-6-13/h2-11H,12H2,1H3,(H,21,22,23). The molecule has 0 bridgehead atoms. The van der Waals surface area contributed by atoms with Crippen LogP contribution in [0.15, 0.2) is 65.5 Å². The van der Waals surface area contributed by atoms with E-state index in [0.717, 1.165) is 10.4 Å². The summed E-state index contributed by atoms with van der Waals surface area (Å²) in [6.07, 6.45) is 0. The summed E-state index contributed by atoms with van der Waals surface area (Å²) in [5.41, 5.74) is 4.03. The van der Waals surface area contributed by atoms with Crippen molar-refractivity contribution in [2.24, 2.45) is 0 Å². The van der Waals surface area contributed by atoms with Crippen LogP contribution in [0.25, 0.3) is 31.8 Å². The minimum Gasteiger partial charge on any atom is -0.377 e. The minimum atomic E-state index is -0.116. The zero-order valence-electron chi connectivity index (χ0n) is 13.7. The number of nitrogens with one attached hydrogen (secondary N) is 1. The highest BCUT2D eigenvalue weighted by Crippen LogP contribution is 2.32. The quantitative estimate of drug-likeness (QED) is 0.592. The zero-order valence-corrected chi connectivity index (χ0v) is 14.5. The molecule has 0 unspecified atom stereocenters. The Bertz CT molecular complexity index is 1070. The lowest BCUT2D eigenvalue weighted by atomic mass is 10.0. The molecule has 0 radical (unpaired) electrons. The Morgan fingerprint density at radius 3 is 2.40 bits per heavy atom. The smallest absolute Gasteiger partial charge is 0.268 e. The van der Waals surface area contributed by atoms with Crippen molar-refractivity contribution in [1.29, 1.82) is 0 Å². The van der Waals surface area contributed by atoms with Crippen LogP contribution in [-0.2, 0) is 11.3 Å². The first-order valence-corrected chi connectivity index (χ1v) is 8.74. The second kappa shape index (κ2) is 6.63. The van der Waals surface area contributed by atoms with Crippen LogP contribution >= 0.6 is 11.3 Å². The summed E-state index contributed by atoms with van der Waals surface area (Å²) in [5, 5.41) is 0. The van der Waals surface area contributed by atoms with E-state index in [1.54, 1.807) is 7.11 Å². The number of ether oxygens (including phenoxy) is 1. The molecule has 4 aromatic rings. The largest absolute Gasteiger partial charge is 0.377 e. The summed E-state index contributed by atoms with van der Waals surface area (Å²) in [5.74, 6) is 0.545. The number of methoxy groups -OCH3 is 1. The molecular weight excluding hydrogens is 332 g/mol. The summed E-state index contributed by atoms with van der Waals surface area (Å²) in [6.45, 7) is 0.294. The van der Waals surface area contributed by atoms with Gasteiger partial charge < -0.3 is 9.72 Å². The monoisotopic (exact) mass is 348 g/mol. The van der Waals surface area contributed by atoms with Gasteiger partial charge >= 0.3 is 0 Å². The van der Waals surface area contributed by atoms with Crippen molar-refractivity contribution >= 4 is 21.6 Å². The number of aromatic nitrogens is 2. The molecule has 0 amide bonds. The summed E-state index contributed by atoms with van der Waals surface area (Å²) in [4.78, 5) is 20.5. The molecule has 2 heterocycles. The van der Waals surface area contributed by atoms with Crippen LogP contribution < -0.4 is 5.56 Å². The first kappa shape index (κ1) is 15.7. The van der Waals surface area contributed by atoms with Crippen LogP contribution in [0.3, 0.4) is 0 Å². The van der Waals surface area contributed by atoms with Gasteiger partial charge in [-0.3, -0.25) is 4.79 Å². The first-order chi connectivity index (χ1) is 12.2. The van der Waals surface area contributed by atoms with Crippen LogP contribution in [0.1, 0.15) is 5.82 Å². The highest BCUT2D eigenvalue weighted by molar-refractivity contribution is 7.22. The van der Waals surface area contributed by atoms with Gasteiger partial charge in [0.05, 0.1) is 5.52 Å². The highest BCUT2D eigenvalue weighted by atomic mass is 32.1. The van der Waals surface area contributed by atoms with E-state index in [4.69, 9.17) is 4.74 Å². The van der Waals surface area contributed by atoms with Crippen LogP contribution in [0, 0.1) is 0 Å². The van der Waals surface area contributed by atoms with Gasteiger partial charge in [-0.2, -0.15) is 0 Å². The molecule has 124 valence electrons. The SMILES string of the molecule is COCc1nc2cc(-c3ccc(-c4ccccc4)cc3)sc2c(=O)[nH]1. The third-order valence-electron chi connectivity index (χ3n) is 3.99. The van der Waals surface area contributed by atoms with E-state index in [2.05, 4.69) is 46.4 Å². The molecule has 25 heavy (non-hydrogen) atoms. The fourth-order valence-electron chi connectivity index (χ4n) is 2.79. The van der Waals surface area contributed by atoms with Gasteiger partial charge in [0.1, 0.15) is 17.1 Å². The first-order valence-electron chi connectivity index (χ1n) is 7.92. The van der Waals surface area contributed by atoms with Crippen molar-refractivity contribution in [2.45, 2.75) is 6.61 Å². The topological polar surface area (TPSA) is 55.0 Å². The molecule has 0 aliphatic rings. The molecule has 0 aliphatic carbocycles. The van der Waals surface area contributed by atoms with Crippen molar-refractivity contribution in [1.82, 2.24) is 9.97 Å². The van der Waals surface area contributed by atoms with Gasteiger partial charge in [0.15, 0.2) is 0 Å². The van der Waals surface area contributed by atoms with Gasteiger partial charge in [0.25, 0.3) is 5.56 Å².